The van der Waals surface area contributed by atoms with Crippen LogP contribution >= 0.6 is 8.38 Å². The minimum Gasteiger partial charge on any atom is -0.331 e. The molecule has 0 spiro atoms. The van der Waals surface area contributed by atoms with Crippen molar-refractivity contribution in [3.05, 3.63) is 48.3 Å². The van der Waals surface area contributed by atoms with Gasteiger partial charge < -0.3 is 9.05 Å². The summed E-state index contributed by atoms with van der Waals surface area (Å²) in [5, 5.41) is 0. The highest BCUT2D eigenvalue weighted by atomic mass is 31.2. The van der Waals surface area contributed by atoms with Gasteiger partial charge in [0.05, 0.1) is 13.2 Å². The van der Waals surface area contributed by atoms with Crippen molar-refractivity contribution < 1.29 is 9.05 Å². The third-order valence-corrected chi connectivity index (χ3v) is 2.80. The fourth-order valence-corrected chi connectivity index (χ4v) is 1.80. The summed E-state index contributed by atoms with van der Waals surface area (Å²) in [6, 6.07) is 10.0. The molecule has 1 rings (SSSR count). The van der Waals surface area contributed by atoms with Crippen LogP contribution in [-0.4, -0.2) is 6.61 Å². The van der Waals surface area contributed by atoms with E-state index in [1.54, 1.807) is 5.82 Å². The standard InChI is InChI=1S/C11H15O2P/c1-3-12-14(4-2)13-10-11-8-6-5-7-9-11/h4-9H,2-3,10H2,1H3. The lowest BCUT2D eigenvalue weighted by atomic mass is 10.2. The lowest BCUT2D eigenvalue weighted by molar-refractivity contribution is 0.258. The zero-order chi connectivity index (χ0) is 10.2. The first kappa shape index (κ1) is 11.4. The van der Waals surface area contributed by atoms with E-state index in [1.807, 2.05) is 37.3 Å². The molecule has 0 aromatic heterocycles. The van der Waals surface area contributed by atoms with Crippen LogP contribution in [0.25, 0.3) is 0 Å². The molecule has 0 amide bonds. The topological polar surface area (TPSA) is 18.5 Å². The summed E-state index contributed by atoms with van der Waals surface area (Å²) in [5.41, 5.74) is 1.15. The Morgan fingerprint density at radius 3 is 2.57 bits per heavy atom. The number of hydrogen-bond acceptors (Lipinski definition) is 2. The molecule has 0 saturated carbocycles. The minimum atomic E-state index is -0.918. The first-order valence-corrected chi connectivity index (χ1v) is 5.83. The van der Waals surface area contributed by atoms with E-state index in [2.05, 4.69) is 6.58 Å². The van der Waals surface area contributed by atoms with Gasteiger partial charge in [-0.15, -0.1) is 0 Å². The molecule has 1 aromatic rings. The van der Waals surface area contributed by atoms with Crippen LogP contribution in [0.3, 0.4) is 0 Å². The van der Waals surface area contributed by atoms with Gasteiger partial charge in [0.2, 0.25) is 0 Å². The Balaban J connectivity index is 2.35. The van der Waals surface area contributed by atoms with E-state index in [9.17, 15) is 0 Å². The third-order valence-electron chi connectivity index (χ3n) is 1.61. The van der Waals surface area contributed by atoms with Gasteiger partial charge >= 0.3 is 0 Å². The molecule has 1 aromatic carbocycles. The normalized spacial score (nSPS) is 12.4. The molecule has 76 valence electrons. The molecule has 0 radical (unpaired) electrons. The van der Waals surface area contributed by atoms with Gasteiger partial charge in [-0.2, -0.15) is 0 Å². The number of rotatable bonds is 6. The largest absolute Gasteiger partial charge is 0.331 e. The van der Waals surface area contributed by atoms with Crippen molar-refractivity contribution in [2.75, 3.05) is 6.61 Å². The van der Waals surface area contributed by atoms with Crippen molar-refractivity contribution in [2.24, 2.45) is 0 Å². The van der Waals surface area contributed by atoms with Gasteiger partial charge in [0, 0.05) is 0 Å². The highest BCUT2D eigenvalue weighted by Gasteiger charge is 2.03. The lowest BCUT2D eigenvalue weighted by Gasteiger charge is -2.11. The molecule has 0 saturated heterocycles. The molecular formula is C11H15O2P. The van der Waals surface area contributed by atoms with Crippen molar-refractivity contribution in [3.63, 3.8) is 0 Å². The average Bonchev–Trinajstić information content (AvgIpc) is 2.25. The first-order chi connectivity index (χ1) is 6.86. The molecule has 0 heterocycles. The Morgan fingerprint density at radius 2 is 2.00 bits per heavy atom. The summed E-state index contributed by atoms with van der Waals surface area (Å²) in [4.78, 5) is 0. The molecule has 0 fully saturated rings. The first-order valence-electron chi connectivity index (χ1n) is 4.58. The summed E-state index contributed by atoms with van der Waals surface area (Å²) in [7, 11) is -0.918. The second kappa shape index (κ2) is 6.72. The zero-order valence-electron chi connectivity index (χ0n) is 8.35. The molecule has 3 heteroatoms. The van der Waals surface area contributed by atoms with E-state index >= 15 is 0 Å². The summed E-state index contributed by atoms with van der Waals surface area (Å²) in [6.07, 6.45) is 0. The van der Waals surface area contributed by atoms with Crippen molar-refractivity contribution in [2.45, 2.75) is 13.5 Å². The van der Waals surface area contributed by atoms with Crippen LogP contribution in [-0.2, 0) is 15.7 Å². The summed E-state index contributed by atoms with van der Waals surface area (Å²) < 4.78 is 10.9. The van der Waals surface area contributed by atoms with Crippen LogP contribution in [0, 0.1) is 0 Å². The van der Waals surface area contributed by atoms with Crippen LogP contribution in [0.2, 0.25) is 0 Å². The van der Waals surface area contributed by atoms with Crippen LogP contribution < -0.4 is 0 Å². The number of benzene rings is 1. The fourth-order valence-electron chi connectivity index (χ4n) is 0.982. The maximum Gasteiger partial charge on any atom is 0.197 e. The molecule has 0 bridgehead atoms. The molecule has 0 N–H and O–H groups in total. The van der Waals surface area contributed by atoms with Crippen molar-refractivity contribution >= 4 is 8.38 Å². The summed E-state index contributed by atoms with van der Waals surface area (Å²) >= 11 is 0. The van der Waals surface area contributed by atoms with Crippen molar-refractivity contribution in [1.82, 2.24) is 0 Å². The predicted octanol–water partition coefficient (Wildman–Crippen LogP) is 3.70. The van der Waals surface area contributed by atoms with Gasteiger partial charge in [-0.1, -0.05) is 36.9 Å². The van der Waals surface area contributed by atoms with E-state index in [-0.39, 0.29) is 0 Å². The van der Waals surface area contributed by atoms with Crippen molar-refractivity contribution in [1.29, 1.82) is 0 Å². The van der Waals surface area contributed by atoms with E-state index in [1.165, 1.54) is 0 Å². The smallest absolute Gasteiger partial charge is 0.197 e. The van der Waals surface area contributed by atoms with Gasteiger partial charge in [0.1, 0.15) is 0 Å². The zero-order valence-corrected chi connectivity index (χ0v) is 9.24. The Labute approximate surface area is 86.5 Å². The van der Waals surface area contributed by atoms with E-state index in [4.69, 9.17) is 9.05 Å². The molecule has 0 aliphatic carbocycles. The maximum atomic E-state index is 5.54. The molecular weight excluding hydrogens is 195 g/mol. The fraction of sp³-hybridized carbons (Fsp3) is 0.273. The summed E-state index contributed by atoms with van der Waals surface area (Å²) in [6.45, 7) is 6.86. The van der Waals surface area contributed by atoms with Gasteiger partial charge in [0.15, 0.2) is 8.38 Å². The van der Waals surface area contributed by atoms with Crippen LogP contribution in [0.15, 0.2) is 42.7 Å². The van der Waals surface area contributed by atoms with E-state index in [0.717, 1.165) is 5.56 Å². The Bertz CT molecular complexity index is 261. The third kappa shape index (κ3) is 4.01. The quantitative estimate of drug-likeness (QED) is 0.666. The lowest BCUT2D eigenvalue weighted by Crippen LogP contribution is -1.90. The molecule has 0 aliphatic rings. The van der Waals surface area contributed by atoms with Crippen molar-refractivity contribution in [3.8, 4) is 0 Å². The van der Waals surface area contributed by atoms with Gasteiger partial charge in [0.25, 0.3) is 0 Å². The van der Waals surface area contributed by atoms with E-state index < -0.39 is 8.38 Å². The Hall–Kier alpha value is -0.690. The molecule has 0 aliphatic heterocycles. The Morgan fingerprint density at radius 1 is 1.29 bits per heavy atom. The highest BCUT2D eigenvalue weighted by molar-refractivity contribution is 7.50. The summed E-state index contributed by atoms with van der Waals surface area (Å²) in [5.74, 6) is 1.72. The molecule has 1 atom stereocenters. The van der Waals surface area contributed by atoms with Crippen LogP contribution in [0.4, 0.5) is 0 Å². The molecule has 1 unspecified atom stereocenters. The Kier molecular flexibility index (Phi) is 5.46. The van der Waals surface area contributed by atoms with Gasteiger partial charge in [-0.05, 0) is 18.3 Å². The number of hydrogen-bond donors (Lipinski definition) is 0. The van der Waals surface area contributed by atoms with E-state index in [0.29, 0.717) is 13.2 Å². The highest BCUT2D eigenvalue weighted by Crippen LogP contribution is 2.39. The monoisotopic (exact) mass is 210 g/mol. The molecule has 14 heavy (non-hydrogen) atoms. The second-order valence-electron chi connectivity index (χ2n) is 2.64. The van der Waals surface area contributed by atoms with Crippen LogP contribution in [0.5, 0.6) is 0 Å². The minimum absolute atomic E-state index is 0.582. The predicted molar refractivity (Wildman–Crippen MR) is 60.0 cm³/mol. The SMILES string of the molecule is C=CP(OCC)OCc1ccccc1. The van der Waals surface area contributed by atoms with Crippen LogP contribution in [0.1, 0.15) is 12.5 Å². The second-order valence-corrected chi connectivity index (χ2v) is 4.10. The average molecular weight is 210 g/mol. The maximum absolute atomic E-state index is 5.54. The van der Waals surface area contributed by atoms with Gasteiger partial charge in [-0.3, -0.25) is 0 Å². The molecule has 2 nitrogen and oxygen atoms in total. The van der Waals surface area contributed by atoms with Gasteiger partial charge in [-0.25, -0.2) is 0 Å².